The number of aryl methyl sites for hydroxylation is 1. The van der Waals surface area contributed by atoms with Crippen molar-refractivity contribution < 1.29 is 9.32 Å². The van der Waals surface area contributed by atoms with Gasteiger partial charge in [-0.05, 0) is 25.0 Å². The molecule has 2 aromatic heterocycles. The highest BCUT2D eigenvalue weighted by molar-refractivity contribution is 5.87. The van der Waals surface area contributed by atoms with Crippen LogP contribution in [-0.4, -0.2) is 27.9 Å². The van der Waals surface area contributed by atoms with E-state index in [1.165, 1.54) is 0 Å². The summed E-state index contributed by atoms with van der Waals surface area (Å²) in [7, 11) is 0. The zero-order chi connectivity index (χ0) is 12.8. The Bertz CT molecular complexity index is 511. The van der Waals surface area contributed by atoms with Crippen molar-refractivity contribution in [1.82, 2.24) is 20.7 Å². The average molecular weight is 247 g/mol. The van der Waals surface area contributed by atoms with Crippen molar-refractivity contribution in [2.45, 2.75) is 13.3 Å². The van der Waals surface area contributed by atoms with Gasteiger partial charge >= 0.3 is 6.03 Å². The van der Waals surface area contributed by atoms with Crippen LogP contribution in [0.15, 0.2) is 29.0 Å². The molecular weight excluding hydrogens is 234 g/mol. The molecule has 2 rings (SSSR count). The van der Waals surface area contributed by atoms with Gasteiger partial charge in [-0.2, -0.15) is 10.2 Å². The van der Waals surface area contributed by atoms with Crippen LogP contribution in [0.5, 0.6) is 0 Å². The lowest BCUT2D eigenvalue weighted by atomic mass is 10.2. The minimum atomic E-state index is -0.326. The summed E-state index contributed by atoms with van der Waals surface area (Å²) in [5.74, 6) is 0.329. The number of anilines is 1. The first-order valence-corrected chi connectivity index (χ1v) is 5.48. The molecule has 7 nitrogen and oxygen atoms in total. The molecule has 0 aliphatic heterocycles. The predicted octanol–water partition coefficient (Wildman–Crippen LogP) is 1.14. The molecule has 0 atom stereocenters. The van der Waals surface area contributed by atoms with Gasteiger partial charge in [0.1, 0.15) is 0 Å². The maximum absolute atomic E-state index is 11.5. The minimum Gasteiger partial charge on any atom is -0.338 e. The Morgan fingerprint density at radius 2 is 2.33 bits per heavy atom. The predicted molar refractivity (Wildman–Crippen MR) is 64.0 cm³/mol. The molecule has 0 aliphatic carbocycles. The summed E-state index contributed by atoms with van der Waals surface area (Å²) in [5.41, 5.74) is 1.73. The number of hydrogen-bond acceptors (Lipinski definition) is 5. The molecule has 0 saturated carbocycles. The number of rotatable bonds is 4. The number of carbonyl (C=O) groups excluding carboxylic acids is 1. The van der Waals surface area contributed by atoms with E-state index in [1.807, 2.05) is 6.07 Å². The van der Waals surface area contributed by atoms with Crippen LogP contribution < -0.4 is 10.6 Å². The van der Waals surface area contributed by atoms with Gasteiger partial charge in [0.05, 0.1) is 11.9 Å². The van der Waals surface area contributed by atoms with Gasteiger partial charge in [-0.15, -0.1) is 0 Å². The second-order valence-electron chi connectivity index (χ2n) is 3.71. The highest BCUT2D eigenvalue weighted by Crippen LogP contribution is 2.07. The normalized spacial score (nSPS) is 10.1. The Kier molecular flexibility index (Phi) is 3.85. The Morgan fingerprint density at radius 1 is 1.44 bits per heavy atom. The van der Waals surface area contributed by atoms with Gasteiger partial charge in [0.2, 0.25) is 5.88 Å². The highest BCUT2D eigenvalue weighted by atomic mass is 16.5. The van der Waals surface area contributed by atoms with E-state index < -0.39 is 0 Å². The molecule has 94 valence electrons. The summed E-state index contributed by atoms with van der Waals surface area (Å²) < 4.78 is 4.86. The quantitative estimate of drug-likeness (QED) is 0.845. The summed E-state index contributed by atoms with van der Waals surface area (Å²) in [6.07, 6.45) is 3.98. The summed E-state index contributed by atoms with van der Waals surface area (Å²) in [5, 5.41) is 16.3. The van der Waals surface area contributed by atoms with Crippen LogP contribution in [0.1, 0.15) is 11.3 Å². The van der Waals surface area contributed by atoms with E-state index in [4.69, 9.17) is 4.52 Å². The lowest BCUT2D eigenvalue weighted by molar-refractivity contribution is 0.251. The van der Waals surface area contributed by atoms with E-state index in [2.05, 4.69) is 26.0 Å². The van der Waals surface area contributed by atoms with E-state index in [0.29, 0.717) is 24.5 Å². The molecular formula is C11H13N5O2. The van der Waals surface area contributed by atoms with Crippen molar-refractivity contribution in [2.75, 3.05) is 11.9 Å². The molecule has 0 fully saturated rings. The number of nitrogens with one attached hydrogen (secondary N) is 2. The second-order valence-corrected chi connectivity index (χ2v) is 3.71. The number of urea groups is 1. The van der Waals surface area contributed by atoms with E-state index >= 15 is 0 Å². The fourth-order valence-corrected chi connectivity index (χ4v) is 1.36. The van der Waals surface area contributed by atoms with E-state index in [9.17, 15) is 4.79 Å². The van der Waals surface area contributed by atoms with Gasteiger partial charge in [0.25, 0.3) is 0 Å². The first-order valence-electron chi connectivity index (χ1n) is 5.48. The van der Waals surface area contributed by atoms with Gasteiger partial charge in [0, 0.05) is 18.8 Å². The van der Waals surface area contributed by atoms with Gasteiger partial charge in [0.15, 0.2) is 0 Å². The first kappa shape index (κ1) is 12.0. The number of hydrogen-bond donors (Lipinski definition) is 2. The van der Waals surface area contributed by atoms with E-state index in [-0.39, 0.29) is 6.03 Å². The molecule has 18 heavy (non-hydrogen) atoms. The van der Waals surface area contributed by atoms with Crippen LogP contribution in [0, 0.1) is 6.92 Å². The summed E-state index contributed by atoms with van der Waals surface area (Å²) in [6, 6.07) is 3.17. The summed E-state index contributed by atoms with van der Waals surface area (Å²) >= 11 is 0. The monoisotopic (exact) mass is 247 g/mol. The van der Waals surface area contributed by atoms with Gasteiger partial charge in [-0.1, -0.05) is 5.16 Å². The lowest BCUT2D eigenvalue weighted by Crippen LogP contribution is -2.30. The highest BCUT2D eigenvalue weighted by Gasteiger charge is 2.05. The second kappa shape index (κ2) is 5.76. The molecule has 2 amide bonds. The van der Waals surface area contributed by atoms with Crippen molar-refractivity contribution in [3.63, 3.8) is 0 Å². The number of aromatic nitrogens is 3. The molecule has 2 heterocycles. The van der Waals surface area contributed by atoms with Crippen molar-refractivity contribution in [1.29, 1.82) is 0 Å². The topological polar surface area (TPSA) is 92.9 Å². The summed E-state index contributed by atoms with van der Waals surface area (Å²) in [6.45, 7) is 2.29. The largest absolute Gasteiger partial charge is 0.338 e. The SMILES string of the molecule is Cc1cc(NC(=O)NCCc2ccnnc2)on1. The van der Waals surface area contributed by atoms with Gasteiger partial charge < -0.3 is 9.84 Å². The Hall–Kier alpha value is -2.44. The minimum absolute atomic E-state index is 0.326. The lowest BCUT2D eigenvalue weighted by Gasteiger charge is -2.04. The molecule has 2 aromatic rings. The van der Waals surface area contributed by atoms with Gasteiger partial charge in [-0.25, -0.2) is 4.79 Å². The molecule has 0 bridgehead atoms. The van der Waals surface area contributed by atoms with E-state index in [1.54, 1.807) is 25.4 Å². The van der Waals surface area contributed by atoms with Crippen LogP contribution in [-0.2, 0) is 6.42 Å². The van der Waals surface area contributed by atoms with Crippen LogP contribution >= 0.6 is 0 Å². The van der Waals surface area contributed by atoms with Crippen molar-refractivity contribution in [3.05, 3.63) is 35.8 Å². The molecule has 0 spiro atoms. The molecule has 0 aromatic carbocycles. The van der Waals surface area contributed by atoms with E-state index in [0.717, 1.165) is 5.56 Å². The molecule has 0 saturated heterocycles. The van der Waals surface area contributed by atoms with Gasteiger partial charge in [-0.3, -0.25) is 5.32 Å². The van der Waals surface area contributed by atoms with Crippen molar-refractivity contribution in [3.8, 4) is 0 Å². The zero-order valence-electron chi connectivity index (χ0n) is 9.88. The molecule has 7 heteroatoms. The van der Waals surface area contributed by atoms with Crippen molar-refractivity contribution >= 4 is 11.9 Å². The maximum atomic E-state index is 11.5. The third-order valence-electron chi connectivity index (χ3n) is 2.21. The fraction of sp³-hybridized carbons (Fsp3) is 0.273. The van der Waals surface area contributed by atoms with Crippen LogP contribution in [0.4, 0.5) is 10.7 Å². The summed E-state index contributed by atoms with van der Waals surface area (Å²) in [4.78, 5) is 11.5. The standard InChI is InChI=1S/C11H13N5O2/c1-8-6-10(18-16-8)15-11(17)12-4-2-9-3-5-13-14-7-9/h3,5-7H,2,4H2,1H3,(H2,12,15,17). The Labute approximate surface area is 104 Å². The first-order chi connectivity index (χ1) is 8.74. The molecule has 0 aliphatic rings. The Morgan fingerprint density at radius 3 is 3.00 bits per heavy atom. The number of amides is 2. The van der Waals surface area contributed by atoms with Crippen LogP contribution in [0.3, 0.4) is 0 Å². The smallest absolute Gasteiger partial charge is 0.321 e. The average Bonchev–Trinajstić information content (AvgIpc) is 2.76. The van der Waals surface area contributed by atoms with Crippen molar-refractivity contribution in [2.24, 2.45) is 0 Å². The molecule has 0 unspecified atom stereocenters. The third-order valence-corrected chi connectivity index (χ3v) is 2.21. The Balaban J connectivity index is 1.72. The zero-order valence-corrected chi connectivity index (χ0v) is 9.88. The number of carbonyl (C=O) groups is 1. The maximum Gasteiger partial charge on any atom is 0.321 e. The number of nitrogens with zero attached hydrogens (tertiary/aromatic N) is 3. The van der Waals surface area contributed by atoms with Crippen LogP contribution in [0.25, 0.3) is 0 Å². The molecule has 0 radical (unpaired) electrons. The van der Waals surface area contributed by atoms with Crippen LogP contribution in [0.2, 0.25) is 0 Å². The molecule has 2 N–H and O–H groups in total. The fourth-order valence-electron chi connectivity index (χ4n) is 1.36. The third kappa shape index (κ3) is 3.55.